The number of amides is 1. The van der Waals surface area contributed by atoms with Gasteiger partial charge < -0.3 is 10.4 Å². The third-order valence-electron chi connectivity index (χ3n) is 4.12. The largest absolute Gasteiger partial charge is 0.481 e. The van der Waals surface area contributed by atoms with Crippen LogP contribution in [0.15, 0.2) is 24.5 Å². The summed E-state index contributed by atoms with van der Waals surface area (Å²) in [6.45, 7) is 0.343. The van der Waals surface area contributed by atoms with Crippen LogP contribution in [0.2, 0.25) is 0 Å². The Morgan fingerprint density at radius 2 is 1.90 bits per heavy atom. The Labute approximate surface area is 124 Å². The summed E-state index contributed by atoms with van der Waals surface area (Å²) in [5, 5.41) is 12.0. The minimum atomic E-state index is -1.02. The second-order valence-electron chi connectivity index (χ2n) is 5.70. The molecule has 0 spiro atoms. The summed E-state index contributed by atoms with van der Waals surface area (Å²) >= 11 is 0. The van der Waals surface area contributed by atoms with Crippen molar-refractivity contribution in [1.82, 2.24) is 10.3 Å². The van der Waals surface area contributed by atoms with Crippen LogP contribution in [0.3, 0.4) is 0 Å². The second kappa shape index (κ2) is 7.76. The standard InChI is InChI=1S/C16H22N2O3/c19-15(18-11-13-6-8-17-9-7-13)14(16(20)21)10-12-4-2-1-3-5-12/h6-9,12,14H,1-5,10-11H2,(H,18,19)(H,20,21). The van der Waals surface area contributed by atoms with E-state index in [1.54, 1.807) is 24.5 Å². The third kappa shape index (κ3) is 4.85. The molecular formula is C16H22N2O3. The van der Waals surface area contributed by atoms with Crippen molar-refractivity contribution in [3.63, 3.8) is 0 Å². The molecule has 0 aliphatic heterocycles. The zero-order chi connectivity index (χ0) is 15.1. The van der Waals surface area contributed by atoms with Crippen molar-refractivity contribution in [3.05, 3.63) is 30.1 Å². The summed E-state index contributed by atoms with van der Waals surface area (Å²) in [5.74, 6) is -1.97. The molecule has 0 aromatic carbocycles. The van der Waals surface area contributed by atoms with Gasteiger partial charge >= 0.3 is 5.97 Å². The molecule has 0 bridgehead atoms. The Morgan fingerprint density at radius 1 is 1.24 bits per heavy atom. The zero-order valence-corrected chi connectivity index (χ0v) is 12.1. The summed E-state index contributed by atoms with van der Waals surface area (Å²) in [6.07, 6.45) is 9.37. The van der Waals surface area contributed by atoms with Crippen molar-refractivity contribution in [1.29, 1.82) is 0 Å². The van der Waals surface area contributed by atoms with Crippen LogP contribution in [0.25, 0.3) is 0 Å². The van der Waals surface area contributed by atoms with E-state index >= 15 is 0 Å². The molecule has 21 heavy (non-hydrogen) atoms. The molecule has 1 aromatic rings. The highest BCUT2D eigenvalue weighted by Crippen LogP contribution is 2.29. The van der Waals surface area contributed by atoms with Gasteiger partial charge in [-0.1, -0.05) is 32.1 Å². The van der Waals surface area contributed by atoms with Gasteiger partial charge in [-0.05, 0) is 30.0 Å². The van der Waals surface area contributed by atoms with Crippen molar-refractivity contribution >= 4 is 11.9 Å². The van der Waals surface area contributed by atoms with Gasteiger partial charge in [-0.2, -0.15) is 0 Å². The molecule has 5 nitrogen and oxygen atoms in total. The first-order valence-electron chi connectivity index (χ1n) is 7.56. The molecule has 1 atom stereocenters. The number of aromatic nitrogens is 1. The summed E-state index contributed by atoms with van der Waals surface area (Å²) < 4.78 is 0. The van der Waals surface area contributed by atoms with E-state index in [0.29, 0.717) is 18.9 Å². The van der Waals surface area contributed by atoms with E-state index in [0.717, 1.165) is 31.2 Å². The van der Waals surface area contributed by atoms with Gasteiger partial charge in [0.05, 0.1) is 0 Å². The molecule has 114 valence electrons. The number of hydrogen-bond donors (Lipinski definition) is 2. The van der Waals surface area contributed by atoms with Gasteiger partial charge in [0.25, 0.3) is 0 Å². The normalized spacial score (nSPS) is 17.1. The van der Waals surface area contributed by atoms with E-state index in [1.807, 2.05) is 0 Å². The van der Waals surface area contributed by atoms with E-state index in [9.17, 15) is 14.7 Å². The molecule has 2 N–H and O–H groups in total. The molecule has 1 saturated carbocycles. The van der Waals surface area contributed by atoms with Crippen LogP contribution in [0.1, 0.15) is 44.1 Å². The second-order valence-corrected chi connectivity index (χ2v) is 5.70. The molecule has 1 amide bonds. The van der Waals surface area contributed by atoms with Crippen LogP contribution in [0.5, 0.6) is 0 Å². The fourth-order valence-corrected chi connectivity index (χ4v) is 2.89. The lowest BCUT2D eigenvalue weighted by molar-refractivity contribution is -0.148. The smallest absolute Gasteiger partial charge is 0.316 e. The first-order valence-corrected chi connectivity index (χ1v) is 7.56. The highest BCUT2D eigenvalue weighted by Gasteiger charge is 2.29. The van der Waals surface area contributed by atoms with Crippen LogP contribution in [-0.4, -0.2) is 22.0 Å². The van der Waals surface area contributed by atoms with Crippen molar-refractivity contribution in [2.45, 2.75) is 45.1 Å². The van der Waals surface area contributed by atoms with Gasteiger partial charge in [0.15, 0.2) is 0 Å². The quantitative estimate of drug-likeness (QED) is 0.788. The minimum absolute atomic E-state index is 0.343. The Hall–Kier alpha value is -1.91. The van der Waals surface area contributed by atoms with Crippen LogP contribution >= 0.6 is 0 Å². The maximum atomic E-state index is 12.1. The maximum Gasteiger partial charge on any atom is 0.316 e. The molecule has 1 aromatic heterocycles. The number of pyridine rings is 1. The molecule has 1 aliphatic carbocycles. The zero-order valence-electron chi connectivity index (χ0n) is 12.1. The van der Waals surface area contributed by atoms with E-state index in [4.69, 9.17) is 0 Å². The van der Waals surface area contributed by atoms with Gasteiger partial charge in [-0.3, -0.25) is 14.6 Å². The van der Waals surface area contributed by atoms with Gasteiger partial charge in [0.1, 0.15) is 5.92 Å². The Morgan fingerprint density at radius 3 is 2.52 bits per heavy atom. The highest BCUT2D eigenvalue weighted by atomic mass is 16.4. The van der Waals surface area contributed by atoms with Crippen molar-refractivity contribution in [2.75, 3.05) is 0 Å². The average Bonchev–Trinajstić information content (AvgIpc) is 2.52. The monoisotopic (exact) mass is 290 g/mol. The number of nitrogens with zero attached hydrogens (tertiary/aromatic N) is 1. The lowest BCUT2D eigenvalue weighted by Crippen LogP contribution is -2.36. The summed E-state index contributed by atoms with van der Waals surface area (Å²) in [5.41, 5.74) is 0.917. The van der Waals surface area contributed by atoms with Crippen molar-refractivity contribution in [2.24, 2.45) is 11.8 Å². The summed E-state index contributed by atoms with van der Waals surface area (Å²) in [6, 6.07) is 3.61. The number of carbonyl (C=O) groups excluding carboxylic acids is 1. The topological polar surface area (TPSA) is 79.3 Å². The SMILES string of the molecule is O=C(O)C(CC1CCCCC1)C(=O)NCc1ccncc1. The van der Waals surface area contributed by atoms with Crippen LogP contribution in [0.4, 0.5) is 0 Å². The Kier molecular flexibility index (Phi) is 5.72. The molecule has 1 aliphatic rings. The maximum absolute atomic E-state index is 12.1. The van der Waals surface area contributed by atoms with E-state index in [-0.39, 0.29) is 5.91 Å². The molecule has 0 radical (unpaired) electrons. The summed E-state index contributed by atoms with van der Waals surface area (Å²) in [7, 11) is 0. The summed E-state index contributed by atoms with van der Waals surface area (Å²) in [4.78, 5) is 27.4. The van der Waals surface area contributed by atoms with E-state index in [1.165, 1.54) is 6.42 Å². The van der Waals surface area contributed by atoms with Crippen LogP contribution in [0, 0.1) is 11.8 Å². The lowest BCUT2D eigenvalue weighted by Gasteiger charge is -2.24. The number of nitrogens with one attached hydrogen (secondary N) is 1. The van der Waals surface area contributed by atoms with E-state index in [2.05, 4.69) is 10.3 Å². The molecule has 2 rings (SSSR count). The van der Waals surface area contributed by atoms with Crippen molar-refractivity contribution < 1.29 is 14.7 Å². The third-order valence-corrected chi connectivity index (χ3v) is 4.12. The number of carbonyl (C=O) groups is 2. The van der Waals surface area contributed by atoms with Gasteiger partial charge in [-0.15, -0.1) is 0 Å². The van der Waals surface area contributed by atoms with Crippen LogP contribution < -0.4 is 5.32 Å². The highest BCUT2D eigenvalue weighted by molar-refractivity contribution is 5.96. The number of carboxylic acid groups (broad SMARTS) is 1. The lowest BCUT2D eigenvalue weighted by atomic mass is 9.82. The fourth-order valence-electron chi connectivity index (χ4n) is 2.89. The first kappa shape index (κ1) is 15.5. The molecule has 1 heterocycles. The van der Waals surface area contributed by atoms with E-state index < -0.39 is 11.9 Å². The minimum Gasteiger partial charge on any atom is -0.481 e. The van der Waals surface area contributed by atoms with Crippen LogP contribution in [-0.2, 0) is 16.1 Å². The number of carboxylic acids is 1. The number of hydrogen-bond acceptors (Lipinski definition) is 3. The molecule has 5 heteroatoms. The molecule has 0 saturated heterocycles. The number of rotatable bonds is 6. The molecular weight excluding hydrogens is 268 g/mol. The number of aliphatic carboxylic acids is 1. The first-order chi connectivity index (χ1) is 10.2. The molecule has 1 unspecified atom stereocenters. The van der Waals surface area contributed by atoms with Gasteiger partial charge in [0.2, 0.25) is 5.91 Å². The van der Waals surface area contributed by atoms with Gasteiger partial charge in [-0.25, -0.2) is 0 Å². The Bertz CT molecular complexity index is 470. The molecule has 1 fully saturated rings. The van der Waals surface area contributed by atoms with Gasteiger partial charge in [0, 0.05) is 18.9 Å². The average molecular weight is 290 g/mol. The predicted octanol–water partition coefficient (Wildman–Crippen LogP) is 2.37. The predicted molar refractivity (Wildman–Crippen MR) is 78.4 cm³/mol. The van der Waals surface area contributed by atoms with Crippen molar-refractivity contribution in [3.8, 4) is 0 Å². The fraction of sp³-hybridized carbons (Fsp3) is 0.562. The Balaban J connectivity index is 1.87.